The van der Waals surface area contributed by atoms with Gasteiger partial charge in [0, 0.05) is 24.5 Å². The Balaban J connectivity index is 2.16. The van der Waals surface area contributed by atoms with Gasteiger partial charge in [-0.1, -0.05) is 12.1 Å². The van der Waals surface area contributed by atoms with Crippen molar-refractivity contribution in [3.63, 3.8) is 0 Å². The molecule has 21 heavy (non-hydrogen) atoms. The predicted octanol–water partition coefficient (Wildman–Crippen LogP) is 2.90. The summed E-state index contributed by atoms with van der Waals surface area (Å²) in [4.78, 5) is 6.77. The van der Waals surface area contributed by atoms with Crippen LogP contribution in [0.4, 0.5) is 0 Å². The number of ether oxygens (including phenoxy) is 1. The van der Waals surface area contributed by atoms with Crippen molar-refractivity contribution in [3.05, 3.63) is 45.4 Å². The number of hydrogen-bond donors (Lipinski definition) is 1. The smallest absolute Gasteiger partial charge is 0.121 e. The maximum Gasteiger partial charge on any atom is 0.121 e. The molecule has 0 aliphatic rings. The number of aryl methyl sites for hydroxylation is 2. The summed E-state index contributed by atoms with van der Waals surface area (Å²) in [6.07, 6.45) is 0. The van der Waals surface area contributed by atoms with Gasteiger partial charge in [0.15, 0.2) is 0 Å². The number of nitrogens with zero attached hydrogens (tertiary/aromatic N) is 2. The molecule has 0 amide bonds. The number of methoxy groups -OCH3 is 1. The molecule has 4 nitrogen and oxygen atoms in total. The van der Waals surface area contributed by atoms with Crippen molar-refractivity contribution < 1.29 is 4.74 Å². The van der Waals surface area contributed by atoms with Gasteiger partial charge in [-0.25, -0.2) is 4.98 Å². The third-order valence-corrected chi connectivity index (χ3v) is 4.46. The van der Waals surface area contributed by atoms with Crippen molar-refractivity contribution in [1.82, 2.24) is 9.88 Å². The van der Waals surface area contributed by atoms with Crippen LogP contribution >= 0.6 is 11.3 Å². The third kappa shape index (κ3) is 3.81. The van der Waals surface area contributed by atoms with Gasteiger partial charge < -0.3 is 10.5 Å². The van der Waals surface area contributed by atoms with Crippen LogP contribution in [-0.2, 0) is 6.54 Å². The van der Waals surface area contributed by atoms with E-state index in [4.69, 9.17) is 10.5 Å². The van der Waals surface area contributed by atoms with Crippen molar-refractivity contribution in [1.29, 1.82) is 0 Å². The number of likely N-dealkylation sites (N-methyl/N-ethyl adjacent to an activating group) is 1. The summed E-state index contributed by atoms with van der Waals surface area (Å²) in [6.45, 7) is 5.46. The highest BCUT2D eigenvalue weighted by molar-refractivity contribution is 7.09. The average molecular weight is 305 g/mol. The van der Waals surface area contributed by atoms with E-state index in [2.05, 4.69) is 41.4 Å². The Morgan fingerprint density at radius 3 is 2.67 bits per heavy atom. The van der Waals surface area contributed by atoms with Gasteiger partial charge in [-0.3, -0.25) is 4.90 Å². The summed E-state index contributed by atoms with van der Waals surface area (Å²) in [6, 6.07) is 6.43. The van der Waals surface area contributed by atoms with Gasteiger partial charge in [0.2, 0.25) is 0 Å². The molecule has 2 N–H and O–H groups in total. The van der Waals surface area contributed by atoms with Gasteiger partial charge in [-0.2, -0.15) is 0 Å². The van der Waals surface area contributed by atoms with Crippen LogP contribution in [0.1, 0.15) is 27.9 Å². The Morgan fingerprint density at radius 1 is 1.38 bits per heavy atom. The molecule has 5 heteroatoms. The topological polar surface area (TPSA) is 51.4 Å². The van der Waals surface area contributed by atoms with E-state index in [0.717, 1.165) is 28.6 Å². The molecule has 0 saturated heterocycles. The molecule has 114 valence electrons. The Labute approximate surface area is 130 Å². The first kappa shape index (κ1) is 15.9. The van der Waals surface area contributed by atoms with Gasteiger partial charge in [-0.05, 0) is 38.1 Å². The van der Waals surface area contributed by atoms with E-state index < -0.39 is 0 Å². The standard InChI is InChI=1S/C16H23N3OS/c1-11-7-13(5-6-16(11)20-4)15(8-17)19(3)9-14-10-21-12(2)18-14/h5-7,10,15H,8-9,17H2,1-4H3. The SMILES string of the molecule is COc1ccc(C(CN)N(C)Cc2csc(C)n2)cc1C. The fourth-order valence-corrected chi connectivity index (χ4v) is 3.13. The van der Waals surface area contributed by atoms with Crippen LogP contribution in [0, 0.1) is 13.8 Å². The van der Waals surface area contributed by atoms with Crippen molar-refractivity contribution in [2.75, 3.05) is 20.7 Å². The number of hydrogen-bond acceptors (Lipinski definition) is 5. The minimum Gasteiger partial charge on any atom is -0.496 e. The summed E-state index contributed by atoms with van der Waals surface area (Å²) in [7, 11) is 3.78. The zero-order chi connectivity index (χ0) is 15.4. The minimum atomic E-state index is 0.177. The lowest BCUT2D eigenvalue weighted by molar-refractivity contribution is 0.239. The van der Waals surface area contributed by atoms with E-state index in [0.29, 0.717) is 6.54 Å². The van der Waals surface area contributed by atoms with Crippen LogP contribution in [0.2, 0.25) is 0 Å². The first-order valence-corrected chi connectivity index (χ1v) is 7.89. The largest absolute Gasteiger partial charge is 0.496 e. The first-order chi connectivity index (χ1) is 10.0. The van der Waals surface area contributed by atoms with Gasteiger partial charge in [0.05, 0.1) is 17.8 Å². The van der Waals surface area contributed by atoms with E-state index in [9.17, 15) is 0 Å². The molecule has 1 unspecified atom stereocenters. The molecule has 1 aromatic heterocycles. The van der Waals surface area contributed by atoms with Crippen LogP contribution in [0.15, 0.2) is 23.6 Å². The molecule has 2 rings (SSSR count). The van der Waals surface area contributed by atoms with Crippen LogP contribution in [-0.4, -0.2) is 30.6 Å². The summed E-state index contributed by atoms with van der Waals surface area (Å²) in [5.41, 5.74) is 9.44. The van der Waals surface area contributed by atoms with E-state index in [-0.39, 0.29) is 6.04 Å². The molecule has 0 bridgehead atoms. The second kappa shape index (κ2) is 7.02. The molecule has 0 radical (unpaired) electrons. The van der Waals surface area contributed by atoms with Gasteiger partial charge in [0.25, 0.3) is 0 Å². The molecule has 2 aromatic rings. The monoisotopic (exact) mass is 305 g/mol. The molecular weight excluding hydrogens is 282 g/mol. The zero-order valence-corrected chi connectivity index (χ0v) is 13.9. The highest BCUT2D eigenvalue weighted by atomic mass is 32.1. The lowest BCUT2D eigenvalue weighted by atomic mass is 10.0. The van der Waals surface area contributed by atoms with Crippen LogP contribution in [0.25, 0.3) is 0 Å². The Morgan fingerprint density at radius 2 is 2.14 bits per heavy atom. The van der Waals surface area contributed by atoms with E-state index in [1.165, 1.54) is 5.56 Å². The third-order valence-electron chi connectivity index (χ3n) is 3.64. The van der Waals surface area contributed by atoms with Crippen molar-refractivity contribution in [2.45, 2.75) is 26.4 Å². The maximum absolute atomic E-state index is 5.99. The van der Waals surface area contributed by atoms with Crippen LogP contribution < -0.4 is 10.5 Å². The highest BCUT2D eigenvalue weighted by Gasteiger charge is 2.17. The van der Waals surface area contributed by atoms with Crippen LogP contribution in [0.5, 0.6) is 5.75 Å². The van der Waals surface area contributed by atoms with Crippen molar-refractivity contribution in [2.24, 2.45) is 5.73 Å². The number of thiazole rings is 1. The van der Waals surface area contributed by atoms with Crippen molar-refractivity contribution >= 4 is 11.3 Å². The summed E-state index contributed by atoms with van der Waals surface area (Å²) >= 11 is 1.68. The Kier molecular flexibility index (Phi) is 5.33. The van der Waals surface area contributed by atoms with Gasteiger partial charge >= 0.3 is 0 Å². The molecule has 1 atom stereocenters. The molecular formula is C16H23N3OS. The second-order valence-electron chi connectivity index (χ2n) is 5.25. The number of nitrogens with two attached hydrogens (primary N) is 1. The molecule has 0 aliphatic carbocycles. The lowest BCUT2D eigenvalue weighted by Crippen LogP contribution is -2.30. The summed E-state index contributed by atoms with van der Waals surface area (Å²) in [5.74, 6) is 0.910. The fourth-order valence-electron chi connectivity index (χ4n) is 2.53. The van der Waals surface area contributed by atoms with E-state index in [1.54, 1.807) is 18.4 Å². The first-order valence-electron chi connectivity index (χ1n) is 7.01. The summed E-state index contributed by atoms with van der Waals surface area (Å²) < 4.78 is 5.32. The highest BCUT2D eigenvalue weighted by Crippen LogP contribution is 2.26. The molecule has 1 heterocycles. The molecule has 0 fully saturated rings. The number of rotatable bonds is 6. The number of benzene rings is 1. The number of aromatic nitrogens is 1. The molecule has 0 spiro atoms. The van der Waals surface area contributed by atoms with Gasteiger partial charge in [0.1, 0.15) is 5.75 Å². The van der Waals surface area contributed by atoms with Gasteiger partial charge in [-0.15, -0.1) is 11.3 Å². The van der Waals surface area contributed by atoms with E-state index >= 15 is 0 Å². The maximum atomic E-state index is 5.99. The quantitative estimate of drug-likeness (QED) is 0.891. The lowest BCUT2D eigenvalue weighted by Gasteiger charge is -2.27. The average Bonchev–Trinajstić information content (AvgIpc) is 2.85. The Hall–Kier alpha value is -1.43. The molecule has 0 aliphatic heterocycles. The zero-order valence-electron chi connectivity index (χ0n) is 13.1. The second-order valence-corrected chi connectivity index (χ2v) is 6.32. The summed E-state index contributed by atoms with van der Waals surface area (Å²) in [5, 5.41) is 3.21. The molecule has 1 aromatic carbocycles. The molecule has 0 saturated carbocycles. The fraction of sp³-hybridized carbons (Fsp3) is 0.438. The van der Waals surface area contributed by atoms with Crippen molar-refractivity contribution in [3.8, 4) is 5.75 Å². The predicted molar refractivity (Wildman–Crippen MR) is 87.8 cm³/mol. The van der Waals surface area contributed by atoms with E-state index in [1.807, 2.05) is 13.0 Å². The Bertz CT molecular complexity index is 597. The minimum absolute atomic E-state index is 0.177. The van der Waals surface area contributed by atoms with Crippen LogP contribution in [0.3, 0.4) is 0 Å². The normalized spacial score (nSPS) is 12.7.